The number of esters is 1. The Labute approximate surface area is 168 Å². The van der Waals surface area contributed by atoms with Crippen molar-refractivity contribution in [3.63, 3.8) is 0 Å². The van der Waals surface area contributed by atoms with Gasteiger partial charge in [0.25, 0.3) is 0 Å². The van der Waals surface area contributed by atoms with Crippen molar-refractivity contribution in [2.24, 2.45) is 0 Å². The summed E-state index contributed by atoms with van der Waals surface area (Å²) in [4.78, 5) is 12.8. The van der Waals surface area contributed by atoms with Crippen LogP contribution in [0.15, 0.2) is 84.9 Å². The van der Waals surface area contributed by atoms with Gasteiger partial charge < -0.3 is 9.47 Å². The summed E-state index contributed by atoms with van der Waals surface area (Å²) in [5.74, 6) is -0.538. The Balaban J connectivity index is 1.66. The third kappa shape index (κ3) is 3.57. The van der Waals surface area contributed by atoms with Crippen LogP contribution < -0.4 is 4.74 Å². The average molecular weight is 387 g/mol. The van der Waals surface area contributed by atoms with Crippen LogP contribution in [0.3, 0.4) is 0 Å². The van der Waals surface area contributed by atoms with Crippen molar-refractivity contribution < 1.29 is 18.7 Å². The van der Waals surface area contributed by atoms with Gasteiger partial charge in [0.05, 0.1) is 0 Å². The van der Waals surface area contributed by atoms with Gasteiger partial charge in [0.15, 0.2) is 6.10 Å². The van der Waals surface area contributed by atoms with Crippen LogP contribution in [0.4, 0.5) is 4.39 Å². The number of alkyl halides is 1. The van der Waals surface area contributed by atoms with Crippen molar-refractivity contribution in [3.05, 3.63) is 102 Å². The number of nitrogens with zero attached hydrogens (tertiary/aromatic N) is 1. The number of carbonyl (C=O) groups is 1. The molecule has 3 aromatic rings. The van der Waals surface area contributed by atoms with Gasteiger partial charge in [0, 0.05) is 12.0 Å². The maximum absolute atomic E-state index is 15.4. The summed E-state index contributed by atoms with van der Waals surface area (Å²) in [6.45, 7) is 0. The minimum absolute atomic E-state index is 0.0547. The maximum atomic E-state index is 15.4. The normalized spacial score (nSPS) is 19.7. The molecule has 0 bridgehead atoms. The topological polar surface area (TPSA) is 59.3 Å². The molecule has 0 saturated heterocycles. The molecule has 1 aliphatic rings. The third-order valence-electron chi connectivity index (χ3n) is 4.98. The van der Waals surface area contributed by atoms with Crippen LogP contribution in [0.2, 0.25) is 0 Å². The number of carbonyl (C=O) groups excluding carboxylic acids is 1. The van der Waals surface area contributed by atoms with Gasteiger partial charge in [0.1, 0.15) is 17.9 Å². The van der Waals surface area contributed by atoms with Crippen LogP contribution >= 0.6 is 0 Å². The van der Waals surface area contributed by atoms with E-state index in [2.05, 4.69) is 0 Å². The Morgan fingerprint density at radius 1 is 1.00 bits per heavy atom. The smallest absolute Gasteiger partial charge is 0.364 e. The van der Waals surface area contributed by atoms with E-state index in [1.807, 2.05) is 54.6 Å². The first-order valence-electron chi connectivity index (χ1n) is 9.28. The second kappa shape index (κ2) is 7.76. The summed E-state index contributed by atoms with van der Waals surface area (Å²) in [6, 6.07) is 25.9. The van der Waals surface area contributed by atoms with Crippen molar-refractivity contribution in [1.29, 1.82) is 5.26 Å². The number of fused-ring (bicyclic) bond motifs is 1. The lowest BCUT2D eigenvalue weighted by Crippen LogP contribution is -2.40. The van der Waals surface area contributed by atoms with E-state index in [-0.39, 0.29) is 5.56 Å². The second-order valence-electron chi connectivity index (χ2n) is 6.84. The Morgan fingerprint density at radius 2 is 1.62 bits per heavy atom. The molecular weight excluding hydrogens is 369 g/mol. The number of hydrogen-bond donors (Lipinski definition) is 0. The molecular formula is C24H18FNO3. The van der Waals surface area contributed by atoms with Gasteiger partial charge in [-0.1, -0.05) is 78.9 Å². The van der Waals surface area contributed by atoms with Crippen LogP contribution in [0.25, 0.3) is 0 Å². The van der Waals surface area contributed by atoms with Crippen LogP contribution in [0.5, 0.6) is 5.75 Å². The predicted octanol–water partition coefficient (Wildman–Crippen LogP) is 4.66. The minimum atomic E-state index is -2.89. The molecule has 0 aromatic heterocycles. The lowest BCUT2D eigenvalue weighted by Gasteiger charge is -2.34. The largest absolute Gasteiger partial charge is 0.482 e. The molecule has 4 rings (SSSR count). The summed E-state index contributed by atoms with van der Waals surface area (Å²) >= 11 is 0. The van der Waals surface area contributed by atoms with E-state index in [4.69, 9.17) is 9.47 Å². The predicted molar refractivity (Wildman–Crippen MR) is 105 cm³/mol. The molecule has 1 heterocycles. The number of rotatable bonds is 4. The highest BCUT2D eigenvalue weighted by molar-refractivity contribution is 5.85. The van der Waals surface area contributed by atoms with Gasteiger partial charge in [-0.15, -0.1) is 0 Å². The lowest BCUT2D eigenvalue weighted by atomic mass is 9.93. The van der Waals surface area contributed by atoms with Crippen molar-refractivity contribution in [2.75, 3.05) is 0 Å². The molecule has 3 atom stereocenters. The lowest BCUT2D eigenvalue weighted by molar-refractivity contribution is -0.166. The van der Waals surface area contributed by atoms with E-state index in [1.54, 1.807) is 18.2 Å². The van der Waals surface area contributed by atoms with E-state index in [0.717, 1.165) is 11.1 Å². The van der Waals surface area contributed by atoms with Crippen molar-refractivity contribution >= 4 is 5.97 Å². The van der Waals surface area contributed by atoms with Gasteiger partial charge in [-0.05, 0) is 17.2 Å². The Hall–Kier alpha value is -3.65. The summed E-state index contributed by atoms with van der Waals surface area (Å²) in [6.07, 6.45) is -1.02. The molecule has 1 aliphatic heterocycles. The molecule has 29 heavy (non-hydrogen) atoms. The molecule has 0 aliphatic carbocycles. The first-order valence-corrected chi connectivity index (χ1v) is 9.28. The summed E-state index contributed by atoms with van der Waals surface area (Å²) in [5.41, 5.74) is -1.28. The van der Waals surface area contributed by atoms with Crippen LogP contribution in [-0.4, -0.2) is 12.1 Å². The number of halogens is 1. The quantitative estimate of drug-likeness (QED) is 0.611. The van der Waals surface area contributed by atoms with Gasteiger partial charge >= 0.3 is 11.6 Å². The molecule has 5 heteroatoms. The third-order valence-corrected chi connectivity index (χ3v) is 4.98. The summed E-state index contributed by atoms with van der Waals surface area (Å²) in [7, 11) is 0. The SMILES string of the molecule is N#C[C@](F)(C(=O)O[C@@H]1Cc2ccccc2O[C@@H]1c1ccccc1)c1ccccc1. The first-order chi connectivity index (χ1) is 14.1. The molecule has 144 valence electrons. The number of para-hydroxylation sites is 1. The van der Waals surface area contributed by atoms with E-state index < -0.39 is 23.8 Å². The molecule has 0 spiro atoms. The molecule has 0 radical (unpaired) electrons. The fourth-order valence-electron chi connectivity index (χ4n) is 3.47. The zero-order valence-corrected chi connectivity index (χ0v) is 15.5. The fourth-order valence-corrected chi connectivity index (χ4v) is 3.47. The monoisotopic (exact) mass is 387 g/mol. The molecule has 4 nitrogen and oxygen atoms in total. The number of benzene rings is 3. The number of ether oxygens (including phenoxy) is 2. The van der Waals surface area contributed by atoms with Gasteiger partial charge in [-0.3, -0.25) is 0 Å². The van der Waals surface area contributed by atoms with E-state index in [0.29, 0.717) is 12.2 Å². The number of hydrogen-bond acceptors (Lipinski definition) is 4. The summed E-state index contributed by atoms with van der Waals surface area (Å²) < 4.78 is 27.0. The van der Waals surface area contributed by atoms with Crippen molar-refractivity contribution in [1.82, 2.24) is 0 Å². The van der Waals surface area contributed by atoms with E-state index >= 15 is 4.39 Å². The van der Waals surface area contributed by atoms with E-state index in [1.165, 1.54) is 18.2 Å². The zero-order chi connectivity index (χ0) is 20.3. The summed E-state index contributed by atoms with van der Waals surface area (Å²) in [5, 5.41) is 9.42. The molecule has 3 aromatic carbocycles. The Morgan fingerprint density at radius 3 is 2.31 bits per heavy atom. The van der Waals surface area contributed by atoms with Crippen LogP contribution in [0, 0.1) is 11.3 Å². The molecule has 0 unspecified atom stereocenters. The molecule has 0 fully saturated rings. The highest BCUT2D eigenvalue weighted by atomic mass is 19.1. The van der Waals surface area contributed by atoms with Gasteiger partial charge in [-0.2, -0.15) is 5.26 Å². The second-order valence-corrected chi connectivity index (χ2v) is 6.84. The highest BCUT2D eigenvalue weighted by Gasteiger charge is 2.46. The molecule has 0 amide bonds. The Kier molecular flexibility index (Phi) is 5.01. The standard InChI is InChI=1S/C24H18FNO3/c25-24(16-26,19-12-5-2-6-13-19)23(27)29-21-15-18-11-7-8-14-20(18)28-22(21)17-9-3-1-4-10-17/h1-14,21-22H,15H2/t21-,22-,24-/m1/s1. The first kappa shape index (κ1) is 18.7. The maximum Gasteiger partial charge on any atom is 0.364 e. The van der Waals surface area contributed by atoms with E-state index in [9.17, 15) is 10.1 Å². The van der Waals surface area contributed by atoms with Crippen LogP contribution in [-0.2, 0) is 21.6 Å². The van der Waals surface area contributed by atoms with Gasteiger partial charge in [0.2, 0.25) is 0 Å². The molecule has 0 N–H and O–H groups in total. The van der Waals surface area contributed by atoms with Crippen molar-refractivity contribution in [2.45, 2.75) is 24.3 Å². The molecule has 0 saturated carbocycles. The minimum Gasteiger partial charge on any atom is -0.482 e. The van der Waals surface area contributed by atoms with Gasteiger partial charge in [-0.25, -0.2) is 9.18 Å². The average Bonchev–Trinajstić information content (AvgIpc) is 2.79. The van der Waals surface area contributed by atoms with Crippen LogP contribution in [0.1, 0.15) is 22.8 Å². The highest BCUT2D eigenvalue weighted by Crippen LogP contribution is 2.38. The fraction of sp³-hybridized carbons (Fsp3) is 0.167. The Bertz CT molecular complexity index is 1050. The number of nitriles is 1. The zero-order valence-electron chi connectivity index (χ0n) is 15.5. The van der Waals surface area contributed by atoms with Crippen molar-refractivity contribution in [3.8, 4) is 11.8 Å².